The molecule has 3 amide bonds. The van der Waals surface area contributed by atoms with Crippen LogP contribution < -0.4 is 16.0 Å². The first kappa shape index (κ1) is 25.4. The van der Waals surface area contributed by atoms with E-state index in [0.717, 1.165) is 24.0 Å². The molecule has 0 aliphatic heterocycles. The van der Waals surface area contributed by atoms with Gasteiger partial charge in [-0.05, 0) is 72.6 Å². The molecule has 0 bridgehead atoms. The fraction of sp³-hybridized carbons (Fsp3) is 0.444. The molecule has 1 aliphatic rings. The molecule has 2 aromatic carbocycles. The lowest BCUT2D eigenvalue weighted by Crippen LogP contribution is -2.32. The highest BCUT2D eigenvalue weighted by Crippen LogP contribution is 2.30. The van der Waals surface area contributed by atoms with Crippen molar-refractivity contribution < 1.29 is 19.5 Å². The minimum atomic E-state index is -0.332. The van der Waals surface area contributed by atoms with Crippen molar-refractivity contribution in [3.8, 4) is 11.1 Å². The van der Waals surface area contributed by atoms with E-state index < -0.39 is 0 Å². The van der Waals surface area contributed by atoms with Crippen LogP contribution in [0.15, 0.2) is 36.4 Å². The van der Waals surface area contributed by atoms with Gasteiger partial charge in [0.15, 0.2) is 0 Å². The maximum absolute atomic E-state index is 13.1. The predicted octanol–water partition coefficient (Wildman–Crippen LogP) is 3.44. The zero-order valence-electron chi connectivity index (χ0n) is 20.5. The first-order chi connectivity index (χ1) is 16.1. The Morgan fingerprint density at radius 2 is 1.59 bits per heavy atom. The van der Waals surface area contributed by atoms with Crippen molar-refractivity contribution in [3.05, 3.63) is 58.7 Å². The van der Waals surface area contributed by atoms with E-state index in [-0.39, 0.29) is 35.8 Å². The Hall–Kier alpha value is -3.19. The van der Waals surface area contributed by atoms with Crippen LogP contribution in [0.4, 0.5) is 0 Å². The van der Waals surface area contributed by atoms with E-state index in [1.54, 1.807) is 30.3 Å². The number of aryl methyl sites for hydroxylation is 1. The zero-order valence-corrected chi connectivity index (χ0v) is 20.5. The van der Waals surface area contributed by atoms with Crippen LogP contribution in [0, 0.1) is 12.3 Å². The summed E-state index contributed by atoms with van der Waals surface area (Å²) < 4.78 is 0. The molecule has 7 nitrogen and oxygen atoms in total. The van der Waals surface area contributed by atoms with Crippen molar-refractivity contribution in [2.24, 2.45) is 5.41 Å². The van der Waals surface area contributed by atoms with Crippen LogP contribution in [-0.2, 0) is 0 Å². The number of nitrogens with one attached hydrogen (secondary N) is 3. The minimum absolute atomic E-state index is 0.0281. The van der Waals surface area contributed by atoms with E-state index in [1.807, 2.05) is 33.8 Å². The van der Waals surface area contributed by atoms with Crippen molar-refractivity contribution in [2.45, 2.75) is 53.0 Å². The van der Waals surface area contributed by atoms with Gasteiger partial charge in [0.1, 0.15) is 0 Å². The van der Waals surface area contributed by atoms with Crippen molar-refractivity contribution >= 4 is 17.7 Å². The highest BCUT2D eigenvalue weighted by Gasteiger charge is 2.25. The number of hydrogen-bond donors (Lipinski definition) is 4. The molecule has 1 aliphatic carbocycles. The molecule has 0 spiro atoms. The minimum Gasteiger partial charge on any atom is -0.396 e. The Kier molecular flexibility index (Phi) is 8.10. The molecular weight excluding hydrogens is 430 g/mol. The summed E-state index contributed by atoms with van der Waals surface area (Å²) in [6.07, 6.45) is 2.44. The topological polar surface area (TPSA) is 108 Å². The molecule has 4 N–H and O–H groups in total. The first-order valence-corrected chi connectivity index (χ1v) is 11.8. The van der Waals surface area contributed by atoms with Gasteiger partial charge >= 0.3 is 0 Å². The summed E-state index contributed by atoms with van der Waals surface area (Å²) in [5.41, 5.74) is 3.52. The van der Waals surface area contributed by atoms with Crippen molar-refractivity contribution in [1.29, 1.82) is 0 Å². The number of carbonyl (C=O) groups is 3. The summed E-state index contributed by atoms with van der Waals surface area (Å²) >= 11 is 0. The highest BCUT2D eigenvalue weighted by molar-refractivity contribution is 6.05. The molecule has 7 heteroatoms. The Labute approximate surface area is 201 Å². The van der Waals surface area contributed by atoms with Crippen LogP contribution in [0.5, 0.6) is 0 Å². The summed E-state index contributed by atoms with van der Waals surface area (Å²) in [7, 11) is 0. The average molecular weight is 466 g/mol. The van der Waals surface area contributed by atoms with Gasteiger partial charge in [0, 0.05) is 42.4 Å². The Morgan fingerprint density at radius 3 is 2.24 bits per heavy atom. The SMILES string of the molecule is Cc1ccc(C(=O)NC2CC2)cc1-c1ccc(C(=O)NCC(C)(C)C)cc1C(=O)NCCCO. The van der Waals surface area contributed by atoms with Crippen molar-refractivity contribution in [1.82, 2.24) is 16.0 Å². The predicted molar refractivity (Wildman–Crippen MR) is 133 cm³/mol. The Morgan fingerprint density at radius 1 is 0.912 bits per heavy atom. The van der Waals surface area contributed by atoms with Gasteiger partial charge in [-0.2, -0.15) is 0 Å². The molecule has 0 unspecified atom stereocenters. The number of carbonyl (C=O) groups excluding carboxylic acids is 3. The van der Waals surface area contributed by atoms with Crippen LogP contribution in [0.2, 0.25) is 0 Å². The number of aliphatic hydroxyl groups is 1. The van der Waals surface area contributed by atoms with Gasteiger partial charge in [-0.3, -0.25) is 14.4 Å². The van der Waals surface area contributed by atoms with Crippen molar-refractivity contribution in [3.63, 3.8) is 0 Å². The number of hydrogen-bond acceptors (Lipinski definition) is 4. The van der Waals surface area contributed by atoms with Gasteiger partial charge in [0.2, 0.25) is 0 Å². The van der Waals surface area contributed by atoms with Crippen molar-refractivity contribution in [2.75, 3.05) is 19.7 Å². The zero-order chi connectivity index (χ0) is 24.9. The molecule has 0 heterocycles. The lowest BCUT2D eigenvalue weighted by atomic mass is 9.92. The number of aliphatic hydroxyl groups excluding tert-OH is 1. The molecule has 3 rings (SSSR count). The number of benzene rings is 2. The summed E-state index contributed by atoms with van der Waals surface area (Å²) in [6, 6.07) is 10.8. The Bertz CT molecular complexity index is 1070. The molecule has 1 fully saturated rings. The Balaban J connectivity index is 1.97. The van der Waals surface area contributed by atoms with Crippen LogP contribution in [0.1, 0.15) is 76.7 Å². The van der Waals surface area contributed by atoms with Crippen LogP contribution in [-0.4, -0.2) is 48.6 Å². The third-order valence-corrected chi connectivity index (χ3v) is 5.63. The van der Waals surface area contributed by atoms with E-state index >= 15 is 0 Å². The molecule has 182 valence electrons. The second-order valence-corrected chi connectivity index (χ2v) is 10.1. The quantitative estimate of drug-likeness (QED) is 0.426. The standard InChI is InChI=1S/C27H35N3O4/c1-17-6-7-19(25(33)30-20-9-10-20)14-22(17)21-11-8-18(24(32)29-16-27(2,3)4)15-23(21)26(34)28-12-5-13-31/h6-8,11,14-15,20,31H,5,9-10,12-13,16H2,1-4H3,(H,28,34)(H,29,32)(H,30,33). The van der Waals surface area contributed by atoms with E-state index in [2.05, 4.69) is 16.0 Å². The summed E-state index contributed by atoms with van der Waals surface area (Å²) in [6.45, 7) is 8.82. The first-order valence-electron chi connectivity index (χ1n) is 11.8. The third-order valence-electron chi connectivity index (χ3n) is 5.63. The molecule has 1 saturated carbocycles. The fourth-order valence-corrected chi connectivity index (χ4v) is 3.48. The molecule has 0 radical (unpaired) electrons. The van der Waals surface area contributed by atoms with Crippen LogP contribution >= 0.6 is 0 Å². The number of rotatable bonds is 9. The normalized spacial score (nSPS) is 13.3. The largest absolute Gasteiger partial charge is 0.396 e. The average Bonchev–Trinajstić information content (AvgIpc) is 3.61. The highest BCUT2D eigenvalue weighted by atomic mass is 16.3. The smallest absolute Gasteiger partial charge is 0.251 e. The number of amides is 3. The molecule has 0 aromatic heterocycles. The van der Waals surface area contributed by atoms with Gasteiger partial charge in [-0.15, -0.1) is 0 Å². The molecule has 34 heavy (non-hydrogen) atoms. The summed E-state index contributed by atoms with van der Waals surface area (Å²) in [5.74, 6) is -0.711. The summed E-state index contributed by atoms with van der Waals surface area (Å²) in [5, 5.41) is 17.8. The second-order valence-electron chi connectivity index (χ2n) is 10.1. The third kappa shape index (κ3) is 6.90. The van der Waals surface area contributed by atoms with Gasteiger partial charge in [0.25, 0.3) is 17.7 Å². The van der Waals surface area contributed by atoms with E-state index in [4.69, 9.17) is 5.11 Å². The lowest BCUT2D eigenvalue weighted by molar-refractivity contribution is 0.0935. The molecule has 0 atom stereocenters. The van der Waals surface area contributed by atoms with E-state index in [1.165, 1.54) is 0 Å². The molecular formula is C27H35N3O4. The van der Waals surface area contributed by atoms with Crippen LogP contribution in [0.3, 0.4) is 0 Å². The van der Waals surface area contributed by atoms with E-state index in [9.17, 15) is 14.4 Å². The van der Waals surface area contributed by atoms with Crippen LogP contribution in [0.25, 0.3) is 11.1 Å². The maximum Gasteiger partial charge on any atom is 0.251 e. The lowest BCUT2D eigenvalue weighted by Gasteiger charge is -2.19. The summed E-state index contributed by atoms with van der Waals surface area (Å²) in [4.78, 5) is 38.5. The molecule has 2 aromatic rings. The van der Waals surface area contributed by atoms with E-state index in [0.29, 0.717) is 41.8 Å². The fourth-order valence-electron chi connectivity index (χ4n) is 3.48. The van der Waals surface area contributed by atoms with Gasteiger partial charge in [-0.25, -0.2) is 0 Å². The maximum atomic E-state index is 13.1. The molecule has 0 saturated heterocycles. The van der Waals surface area contributed by atoms with Gasteiger partial charge < -0.3 is 21.1 Å². The second kappa shape index (κ2) is 10.8. The monoisotopic (exact) mass is 465 g/mol. The van der Waals surface area contributed by atoms with Gasteiger partial charge in [-0.1, -0.05) is 32.9 Å². The van der Waals surface area contributed by atoms with Gasteiger partial charge in [0.05, 0.1) is 0 Å².